The molecule has 6 heteroatoms. The molecule has 0 aliphatic carbocycles. The first-order valence-electron chi connectivity index (χ1n) is 4.19. The van der Waals surface area contributed by atoms with Gasteiger partial charge in [0.25, 0.3) is 0 Å². The Kier molecular flexibility index (Phi) is 3.22. The summed E-state index contributed by atoms with van der Waals surface area (Å²) in [6, 6.07) is 3.05. The first-order chi connectivity index (χ1) is 7.00. The molecule has 6 nitrogen and oxygen atoms in total. The van der Waals surface area contributed by atoms with Crippen molar-refractivity contribution in [3.63, 3.8) is 0 Å². The molecule has 3 N–H and O–H groups in total. The minimum Gasteiger partial charge on any atom is -0.480 e. The van der Waals surface area contributed by atoms with Crippen LogP contribution in [0.4, 0.5) is 5.82 Å². The Bertz CT molecular complexity index is 375. The van der Waals surface area contributed by atoms with Crippen LogP contribution in [0.3, 0.4) is 0 Å². The van der Waals surface area contributed by atoms with Crippen LogP contribution in [0.2, 0.25) is 0 Å². The lowest BCUT2D eigenvalue weighted by atomic mass is 10.2. The number of pyridine rings is 1. The lowest BCUT2D eigenvalue weighted by molar-refractivity contribution is -0.135. The second kappa shape index (κ2) is 4.41. The highest BCUT2D eigenvalue weighted by Crippen LogP contribution is 2.08. The van der Waals surface area contributed by atoms with Gasteiger partial charge in [-0.05, 0) is 12.1 Å². The van der Waals surface area contributed by atoms with Gasteiger partial charge in [-0.1, -0.05) is 0 Å². The van der Waals surface area contributed by atoms with Crippen LogP contribution < -0.4 is 10.6 Å². The Morgan fingerprint density at radius 2 is 2.20 bits per heavy atom. The normalized spacial score (nSPS) is 9.67. The van der Waals surface area contributed by atoms with E-state index in [4.69, 9.17) is 10.8 Å². The molecule has 0 fully saturated rings. The molecule has 0 bridgehead atoms. The molecule has 1 aromatic rings. The fraction of sp³-hybridized carbons (Fsp3) is 0.222. The van der Waals surface area contributed by atoms with Crippen LogP contribution in [0.15, 0.2) is 18.3 Å². The number of carboxylic acid groups (broad SMARTS) is 1. The van der Waals surface area contributed by atoms with Gasteiger partial charge >= 0.3 is 5.97 Å². The van der Waals surface area contributed by atoms with Crippen LogP contribution in [-0.4, -0.2) is 35.6 Å². The summed E-state index contributed by atoms with van der Waals surface area (Å²) in [6.07, 6.45) is 1.32. The van der Waals surface area contributed by atoms with E-state index in [1.54, 1.807) is 13.1 Å². The maximum Gasteiger partial charge on any atom is 0.323 e. The first-order valence-corrected chi connectivity index (χ1v) is 4.19. The van der Waals surface area contributed by atoms with E-state index in [9.17, 15) is 9.59 Å². The van der Waals surface area contributed by atoms with E-state index in [1.165, 1.54) is 17.2 Å². The fourth-order valence-electron chi connectivity index (χ4n) is 1.04. The van der Waals surface area contributed by atoms with E-state index in [1.807, 2.05) is 0 Å². The van der Waals surface area contributed by atoms with Crippen molar-refractivity contribution in [2.75, 3.05) is 18.5 Å². The van der Waals surface area contributed by atoms with Crippen LogP contribution in [0.5, 0.6) is 0 Å². The van der Waals surface area contributed by atoms with Gasteiger partial charge in [0.2, 0.25) is 5.91 Å². The minimum absolute atomic E-state index is 0.150. The molecule has 1 rings (SSSR count). The quantitative estimate of drug-likeness (QED) is 0.709. The van der Waals surface area contributed by atoms with Gasteiger partial charge in [-0.15, -0.1) is 0 Å². The van der Waals surface area contributed by atoms with Crippen molar-refractivity contribution in [3.05, 3.63) is 23.9 Å². The molecule has 0 saturated carbocycles. The number of amides is 1. The molecule has 0 atom stereocenters. The Balaban J connectivity index is 2.79. The molecular formula is C9H11N3O3. The molecule has 0 aliphatic rings. The average molecular weight is 209 g/mol. The molecular weight excluding hydrogens is 198 g/mol. The lowest BCUT2D eigenvalue weighted by Gasteiger charge is -2.14. The van der Waals surface area contributed by atoms with Crippen LogP contribution >= 0.6 is 0 Å². The van der Waals surface area contributed by atoms with Gasteiger partial charge < -0.3 is 15.7 Å². The summed E-state index contributed by atoms with van der Waals surface area (Å²) in [5.74, 6) is -1.03. The predicted molar refractivity (Wildman–Crippen MR) is 53.7 cm³/mol. The number of hydrogen-bond donors (Lipinski definition) is 2. The first kappa shape index (κ1) is 11.0. The Morgan fingerprint density at radius 1 is 1.53 bits per heavy atom. The second-order valence-electron chi connectivity index (χ2n) is 3.02. The summed E-state index contributed by atoms with van der Waals surface area (Å²) in [5, 5.41) is 8.54. The van der Waals surface area contributed by atoms with Gasteiger partial charge in [0.05, 0.1) is 5.56 Å². The van der Waals surface area contributed by atoms with Gasteiger partial charge in [0.15, 0.2) is 0 Å². The number of nitrogens with zero attached hydrogens (tertiary/aromatic N) is 2. The van der Waals surface area contributed by atoms with Crippen molar-refractivity contribution in [2.24, 2.45) is 5.73 Å². The number of primary amides is 1. The van der Waals surface area contributed by atoms with Gasteiger partial charge in [-0.2, -0.15) is 0 Å². The number of aromatic nitrogens is 1. The number of nitrogens with two attached hydrogens (primary N) is 1. The summed E-state index contributed by atoms with van der Waals surface area (Å²) >= 11 is 0. The SMILES string of the molecule is CN(CC(=O)O)c1ccc(C(N)=O)cn1. The van der Waals surface area contributed by atoms with E-state index in [0.717, 1.165) is 0 Å². The van der Waals surface area contributed by atoms with E-state index < -0.39 is 11.9 Å². The largest absolute Gasteiger partial charge is 0.480 e. The summed E-state index contributed by atoms with van der Waals surface area (Å²) in [7, 11) is 1.60. The maximum atomic E-state index is 10.7. The molecule has 1 amide bonds. The average Bonchev–Trinajstić information content (AvgIpc) is 2.17. The van der Waals surface area contributed by atoms with Crippen molar-refractivity contribution in [2.45, 2.75) is 0 Å². The summed E-state index contributed by atoms with van der Waals surface area (Å²) in [5.41, 5.74) is 5.33. The standard InChI is InChI=1S/C9H11N3O3/c1-12(5-8(13)14)7-3-2-6(4-11-7)9(10)15/h2-4H,5H2,1H3,(H2,10,15)(H,13,14). The maximum absolute atomic E-state index is 10.7. The van der Waals surface area contributed by atoms with Crippen molar-refractivity contribution in [1.29, 1.82) is 0 Å². The zero-order valence-electron chi connectivity index (χ0n) is 8.17. The highest BCUT2D eigenvalue weighted by Gasteiger charge is 2.07. The number of hydrogen-bond acceptors (Lipinski definition) is 4. The van der Waals surface area contributed by atoms with Crippen LogP contribution in [0.1, 0.15) is 10.4 Å². The molecule has 0 spiro atoms. The highest BCUT2D eigenvalue weighted by atomic mass is 16.4. The predicted octanol–water partition coefficient (Wildman–Crippen LogP) is -0.299. The molecule has 1 aromatic heterocycles. The number of carbonyl (C=O) groups excluding carboxylic acids is 1. The van der Waals surface area contributed by atoms with Gasteiger partial charge in [-0.25, -0.2) is 4.98 Å². The van der Waals surface area contributed by atoms with E-state index >= 15 is 0 Å². The monoisotopic (exact) mass is 209 g/mol. The minimum atomic E-state index is -0.946. The third-order valence-electron chi connectivity index (χ3n) is 1.80. The fourth-order valence-corrected chi connectivity index (χ4v) is 1.04. The van der Waals surface area contributed by atoms with Crippen molar-refractivity contribution >= 4 is 17.7 Å². The van der Waals surface area contributed by atoms with Gasteiger partial charge in [0, 0.05) is 13.2 Å². The molecule has 0 radical (unpaired) electrons. The zero-order valence-corrected chi connectivity index (χ0v) is 8.17. The highest BCUT2D eigenvalue weighted by molar-refractivity contribution is 5.92. The van der Waals surface area contributed by atoms with E-state index in [0.29, 0.717) is 11.4 Å². The molecule has 0 unspecified atom stereocenters. The number of likely N-dealkylation sites (N-methyl/N-ethyl adjacent to an activating group) is 1. The number of aliphatic carboxylic acids is 1. The van der Waals surface area contributed by atoms with Crippen LogP contribution in [-0.2, 0) is 4.79 Å². The Labute approximate surface area is 86.3 Å². The molecule has 15 heavy (non-hydrogen) atoms. The Hall–Kier alpha value is -2.11. The third-order valence-corrected chi connectivity index (χ3v) is 1.80. The second-order valence-corrected chi connectivity index (χ2v) is 3.02. The molecule has 0 aromatic carbocycles. The molecule has 0 saturated heterocycles. The topological polar surface area (TPSA) is 96.5 Å². The van der Waals surface area contributed by atoms with Crippen molar-refractivity contribution in [3.8, 4) is 0 Å². The van der Waals surface area contributed by atoms with Crippen LogP contribution in [0, 0.1) is 0 Å². The number of rotatable bonds is 4. The molecule has 80 valence electrons. The summed E-state index contributed by atoms with van der Waals surface area (Å²) in [4.78, 5) is 26.5. The molecule has 0 aliphatic heterocycles. The number of carboxylic acids is 1. The molecule has 1 heterocycles. The van der Waals surface area contributed by atoms with Crippen molar-refractivity contribution < 1.29 is 14.7 Å². The smallest absolute Gasteiger partial charge is 0.323 e. The van der Waals surface area contributed by atoms with Crippen LogP contribution in [0.25, 0.3) is 0 Å². The van der Waals surface area contributed by atoms with Gasteiger partial charge in [-0.3, -0.25) is 9.59 Å². The van der Waals surface area contributed by atoms with E-state index in [-0.39, 0.29) is 6.54 Å². The number of carbonyl (C=O) groups is 2. The van der Waals surface area contributed by atoms with Crippen molar-refractivity contribution in [1.82, 2.24) is 4.98 Å². The summed E-state index contributed by atoms with van der Waals surface area (Å²) < 4.78 is 0. The van der Waals surface area contributed by atoms with Gasteiger partial charge in [0.1, 0.15) is 12.4 Å². The number of anilines is 1. The third kappa shape index (κ3) is 2.94. The zero-order chi connectivity index (χ0) is 11.4. The summed E-state index contributed by atoms with van der Waals surface area (Å²) in [6.45, 7) is -0.150. The Morgan fingerprint density at radius 3 is 2.60 bits per heavy atom. The van der Waals surface area contributed by atoms with E-state index in [2.05, 4.69) is 4.98 Å². The lowest BCUT2D eigenvalue weighted by Crippen LogP contribution is -2.26.